The van der Waals surface area contributed by atoms with Gasteiger partial charge in [0.15, 0.2) is 5.69 Å². The molecule has 0 saturated carbocycles. The number of aromatic nitrogens is 2. The molecule has 0 radical (unpaired) electrons. The van der Waals surface area contributed by atoms with Crippen LogP contribution in [0.25, 0.3) is 0 Å². The summed E-state index contributed by atoms with van der Waals surface area (Å²) in [5, 5.41) is 6.72. The molecule has 0 bridgehead atoms. The first kappa shape index (κ1) is 12.0. The maximum atomic E-state index is 11.9. The predicted molar refractivity (Wildman–Crippen MR) is 68.6 cm³/mol. The predicted octanol–water partition coefficient (Wildman–Crippen LogP) is 1.26. The summed E-state index contributed by atoms with van der Waals surface area (Å²) in [5.74, 6) is 0.801. The number of carbonyl (C=O) groups excluding carboxylic acids is 1. The molecule has 0 fully saturated rings. The van der Waals surface area contributed by atoms with Crippen molar-refractivity contribution in [3.05, 3.63) is 36.0 Å². The van der Waals surface area contributed by atoms with E-state index in [4.69, 9.17) is 10.5 Å². The molecule has 3 N–H and O–H groups in total. The highest BCUT2D eigenvalue weighted by molar-refractivity contribution is 6.03. The summed E-state index contributed by atoms with van der Waals surface area (Å²) >= 11 is 0. The van der Waals surface area contributed by atoms with Gasteiger partial charge in [0.2, 0.25) is 0 Å². The minimum atomic E-state index is -0.310. The number of methoxy groups -OCH3 is 1. The zero-order valence-electron chi connectivity index (χ0n) is 10.2. The van der Waals surface area contributed by atoms with Gasteiger partial charge in [-0.25, -0.2) is 0 Å². The standard InChI is InChI=1S/C12H14N4O2/c1-16-11(13)7-10(15-16)12(17)14-8-4-3-5-9(6-8)18-2/h3-7H,13H2,1-2H3,(H,14,17). The fraction of sp³-hybridized carbons (Fsp3) is 0.167. The lowest BCUT2D eigenvalue weighted by Gasteiger charge is -2.05. The van der Waals surface area contributed by atoms with Gasteiger partial charge in [-0.05, 0) is 12.1 Å². The summed E-state index contributed by atoms with van der Waals surface area (Å²) in [6, 6.07) is 8.61. The molecular weight excluding hydrogens is 232 g/mol. The second-order valence-corrected chi connectivity index (χ2v) is 3.76. The molecule has 0 saturated heterocycles. The van der Waals surface area contributed by atoms with E-state index in [1.54, 1.807) is 38.4 Å². The van der Waals surface area contributed by atoms with Crippen molar-refractivity contribution in [2.45, 2.75) is 0 Å². The Labute approximate surface area is 104 Å². The first-order valence-electron chi connectivity index (χ1n) is 5.35. The second-order valence-electron chi connectivity index (χ2n) is 3.76. The lowest BCUT2D eigenvalue weighted by molar-refractivity contribution is 0.102. The lowest BCUT2D eigenvalue weighted by Crippen LogP contribution is -2.13. The zero-order valence-corrected chi connectivity index (χ0v) is 10.2. The molecule has 6 heteroatoms. The van der Waals surface area contributed by atoms with Gasteiger partial charge in [-0.3, -0.25) is 9.48 Å². The Morgan fingerprint density at radius 3 is 2.83 bits per heavy atom. The normalized spacial score (nSPS) is 10.1. The largest absolute Gasteiger partial charge is 0.497 e. The molecule has 2 rings (SSSR count). The van der Waals surface area contributed by atoms with Gasteiger partial charge >= 0.3 is 0 Å². The number of anilines is 2. The summed E-state index contributed by atoms with van der Waals surface area (Å²) in [6.07, 6.45) is 0. The number of nitrogens with one attached hydrogen (secondary N) is 1. The summed E-state index contributed by atoms with van der Waals surface area (Å²) in [4.78, 5) is 11.9. The van der Waals surface area contributed by atoms with E-state index in [0.717, 1.165) is 0 Å². The highest BCUT2D eigenvalue weighted by Crippen LogP contribution is 2.17. The van der Waals surface area contributed by atoms with E-state index in [1.165, 1.54) is 10.7 Å². The summed E-state index contributed by atoms with van der Waals surface area (Å²) < 4.78 is 6.52. The molecule has 94 valence electrons. The van der Waals surface area contributed by atoms with Crippen molar-refractivity contribution >= 4 is 17.4 Å². The molecule has 1 aromatic heterocycles. The molecule has 18 heavy (non-hydrogen) atoms. The summed E-state index contributed by atoms with van der Waals surface area (Å²) in [6.45, 7) is 0. The molecule has 0 aliphatic rings. The topological polar surface area (TPSA) is 82.2 Å². The van der Waals surface area contributed by atoms with E-state index in [0.29, 0.717) is 17.3 Å². The number of amides is 1. The van der Waals surface area contributed by atoms with Crippen LogP contribution in [0.15, 0.2) is 30.3 Å². The van der Waals surface area contributed by atoms with E-state index in [9.17, 15) is 4.79 Å². The van der Waals surface area contributed by atoms with Crippen LogP contribution < -0.4 is 15.8 Å². The van der Waals surface area contributed by atoms with E-state index in [2.05, 4.69) is 10.4 Å². The number of aryl methyl sites for hydroxylation is 1. The van der Waals surface area contributed by atoms with E-state index in [-0.39, 0.29) is 11.6 Å². The van der Waals surface area contributed by atoms with Gasteiger partial charge in [-0.2, -0.15) is 5.10 Å². The van der Waals surface area contributed by atoms with Crippen LogP contribution in [0, 0.1) is 0 Å². The SMILES string of the molecule is COc1cccc(NC(=O)c2cc(N)n(C)n2)c1. The van der Waals surface area contributed by atoms with Crippen LogP contribution in [0.3, 0.4) is 0 Å². The van der Waals surface area contributed by atoms with Crippen molar-refractivity contribution in [1.29, 1.82) is 0 Å². The monoisotopic (exact) mass is 246 g/mol. The molecule has 0 aliphatic heterocycles. The Morgan fingerprint density at radius 2 is 2.22 bits per heavy atom. The highest BCUT2D eigenvalue weighted by Gasteiger charge is 2.11. The minimum absolute atomic E-state index is 0.276. The van der Waals surface area contributed by atoms with E-state index < -0.39 is 0 Å². The van der Waals surface area contributed by atoms with Crippen molar-refractivity contribution in [3.63, 3.8) is 0 Å². The Kier molecular flexibility index (Phi) is 3.18. The van der Waals surface area contributed by atoms with Crippen molar-refractivity contribution in [2.24, 2.45) is 7.05 Å². The average Bonchev–Trinajstić information content (AvgIpc) is 2.70. The molecule has 1 amide bonds. The quantitative estimate of drug-likeness (QED) is 0.854. The molecule has 0 atom stereocenters. The molecule has 0 spiro atoms. The first-order valence-corrected chi connectivity index (χ1v) is 5.35. The number of hydrogen-bond acceptors (Lipinski definition) is 4. The number of nitrogens with two attached hydrogens (primary N) is 1. The van der Waals surface area contributed by atoms with Crippen LogP contribution >= 0.6 is 0 Å². The maximum absolute atomic E-state index is 11.9. The fourth-order valence-electron chi connectivity index (χ4n) is 1.49. The van der Waals surface area contributed by atoms with Crippen molar-refractivity contribution < 1.29 is 9.53 Å². The minimum Gasteiger partial charge on any atom is -0.497 e. The smallest absolute Gasteiger partial charge is 0.276 e. The molecule has 0 unspecified atom stereocenters. The van der Waals surface area contributed by atoms with Crippen LogP contribution in [-0.2, 0) is 7.05 Å². The van der Waals surface area contributed by atoms with Gasteiger partial charge in [0.05, 0.1) is 7.11 Å². The number of nitrogen functional groups attached to an aromatic ring is 1. The van der Waals surface area contributed by atoms with Gasteiger partial charge in [0.1, 0.15) is 11.6 Å². The van der Waals surface area contributed by atoms with Crippen LogP contribution in [-0.4, -0.2) is 22.8 Å². The Balaban J connectivity index is 2.15. The van der Waals surface area contributed by atoms with E-state index >= 15 is 0 Å². The highest BCUT2D eigenvalue weighted by atomic mass is 16.5. The fourth-order valence-corrected chi connectivity index (χ4v) is 1.49. The van der Waals surface area contributed by atoms with Crippen molar-refractivity contribution in [3.8, 4) is 5.75 Å². The number of hydrogen-bond donors (Lipinski definition) is 2. The number of benzene rings is 1. The van der Waals surface area contributed by atoms with E-state index in [1.807, 2.05) is 0 Å². The third-order valence-corrected chi connectivity index (χ3v) is 2.48. The van der Waals surface area contributed by atoms with Gasteiger partial charge < -0.3 is 15.8 Å². The molecule has 1 aromatic carbocycles. The third kappa shape index (κ3) is 2.42. The molecule has 6 nitrogen and oxygen atoms in total. The average molecular weight is 246 g/mol. The number of carbonyl (C=O) groups is 1. The van der Waals surface area contributed by atoms with Crippen molar-refractivity contribution in [1.82, 2.24) is 9.78 Å². The van der Waals surface area contributed by atoms with Crippen LogP contribution in [0.5, 0.6) is 5.75 Å². The number of nitrogens with zero attached hydrogens (tertiary/aromatic N) is 2. The summed E-state index contributed by atoms with van der Waals surface area (Å²) in [7, 11) is 3.25. The third-order valence-electron chi connectivity index (χ3n) is 2.48. The molecule has 0 aliphatic carbocycles. The molecular formula is C12H14N4O2. The van der Waals surface area contributed by atoms with Crippen LogP contribution in [0.1, 0.15) is 10.5 Å². The number of ether oxygens (including phenoxy) is 1. The molecule has 2 aromatic rings. The second kappa shape index (κ2) is 4.79. The van der Waals surface area contributed by atoms with Crippen LogP contribution in [0.2, 0.25) is 0 Å². The van der Waals surface area contributed by atoms with Crippen molar-refractivity contribution in [2.75, 3.05) is 18.2 Å². The Morgan fingerprint density at radius 1 is 1.44 bits per heavy atom. The Hall–Kier alpha value is -2.50. The van der Waals surface area contributed by atoms with Gasteiger partial charge in [0.25, 0.3) is 5.91 Å². The van der Waals surface area contributed by atoms with Gasteiger partial charge in [0, 0.05) is 24.9 Å². The van der Waals surface area contributed by atoms with Crippen LogP contribution in [0.4, 0.5) is 11.5 Å². The van der Waals surface area contributed by atoms with Gasteiger partial charge in [-0.1, -0.05) is 6.07 Å². The first-order chi connectivity index (χ1) is 8.60. The van der Waals surface area contributed by atoms with Gasteiger partial charge in [-0.15, -0.1) is 0 Å². The Bertz CT molecular complexity index is 558. The molecule has 1 heterocycles. The number of rotatable bonds is 3. The lowest BCUT2D eigenvalue weighted by atomic mass is 10.3. The maximum Gasteiger partial charge on any atom is 0.276 e. The summed E-state index contributed by atoms with van der Waals surface area (Å²) in [5.41, 5.74) is 6.54. The zero-order chi connectivity index (χ0) is 13.1.